The number of rotatable bonds is 7. The second kappa shape index (κ2) is 7.30. The molecule has 0 fully saturated rings. The summed E-state index contributed by atoms with van der Waals surface area (Å²) >= 11 is 2.98. The Morgan fingerprint density at radius 1 is 1.52 bits per heavy atom. The van der Waals surface area contributed by atoms with E-state index >= 15 is 0 Å². The van der Waals surface area contributed by atoms with Crippen LogP contribution in [0.15, 0.2) is 21.5 Å². The van der Waals surface area contributed by atoms with Gasteiger partial charge in [0.05, 0.1) is 12.2 Å². The third-order valence-corrected chi connectivity index (χ3v) is 4.68. The molecule has 0 amide bonds. The molecule has 0 radical (unpaired) electrons. The van der Waals surface area contributed by atoms with E-state index in [-0.39, 0.29) is 11.1 Å². The molecule has 0 bridgehead atoms. The summed E-state index contributed by atoms with van der Waals surface area (Å²) in [5.41, 5.74) is -0.718. The van der Waals surface area contributed by atoms with Crippen molar-refractivity contribution >= 4 is 31.9 Å². The molecule has 0 spiro atoms. The van der Waals surface area contributed by atoms with Crippen LogP contribution >= 0.6 is 15.9 Å². The first-order valence-electron chi connectivity index (χ1n) is 5.96. The molecule has 118 valence electrons. The number of carboxylic acid groups (broad SMARTS) is 1. The summed E-state index contributed by atoms with van der Waals surface area (Å²) in [6, 6.07) is 1.49. The number of sulfonamides is 1. The number of nitrogens with one attached hydrogen (secondary N) is 1. The van der Waals surface area contributed by atoms with Crippen molar-refractivity contribution in [1.82, 2.24) is 4.72 Å². The van der Waals surface area contributed by atoms with Crippen LogP contribution in [0.5, 0.6) is 0 Å². The highest BCUT2D eigenvalue weighted by Crippen LogP contribution is 2.24. The lowest BCUT2D eigenvalue weighted by Crippen LogP contribution is -2.38. The van der Waals surface area contributed by atoms with E-state index in [1.165, 1.54) is 7.11 Å². The number of methoxy groups -OCH3 is 1. The van der Waals surface area contributed by atoms with Gasteiger partial charge >= 0.3 is 5.97 Å². The molecule has 1 rings (SSSR count). The molecule has 1 atom stereocenters. The van der Waals surface area contributed by atoms with Gasteiger partial charge in [-0.15, -0.1) is 0 Å². The van der Waals surface area contributed by atoms with Crippen LogP contribution in [0.3, 0.4) is 0 Å². The number of carboxylic acids is 1. The third-order valence-electron chi connectivity index (χ3n) is 2.71. The minimum atomic E-state index is -4.20. The number of hydrogen-bond donors (Lipinski definition) is 2. The monoisotopic (exact) mass is 383 g/mol. The van der Waals surface area contributed by atoms with E-state index in [2.05, 4.69) is 20.7 Å². The Labute approximate surface area is 130 Å². The Balaban J connectivity index is 3.28. The van der Waals surface area contributed by atoms with Crippen LogP contribution in [0.4, 0.5) is 4.39 Å². The van der Waals surface area contributed by atoms with Gasteiger partial charge in [-0.25, -0.2) is 22.3 Å². The van der Waals surface area contributed by atoms with E-state index in [1.807, 2.05) is 0 Å². The first-order valence-corrected chi connectivity index (χ1v) is 8.24. The zero-order valence-corrected chi connectivity index (χ0v) is 13.8. The van der Waals surface area contributed by atoms with E-state index in [1.54, 1.807) is 6.92 Å². The maximum Gasteiger partial charge on any atom is 0.338 e. The van der Waals surface area contributed by atoms with Crippen molar-refractivity contribution in [2.24, 2.45) is 0 Å². The summed E-state index contributed by atoms with van der Waals surface area (Å²) in [6.45, 7) is 1.86. The number of benzene rings is 1. The van der Waals surface area contributed by atoms with Crippen LogP contribution in [0.2, 0.25) is 0 Å². The van der Waals surface area contributed by atoms with Gasteiger partial charge < -0.3 is 9.84 Å². The molecule has 1 unspecified atom stereocenters. The Bertz CT molecular complexity index is 635. The zero-order chi connectivity index (χ0) is 16.2. The second-order valence-electron chi connectivity index (χ2n) is 4.25. The first-order chi connectivity index (χ1) is 9.72. The molecule has 0 aliphatic rings. The Hall–Kier alpha value is -1.03. The van der Waals surface area contributed by atoms with Gasteiger partial charge in [0.15, 0.2) is 5.82 Å². The van der Waals surface area contributed by atoms with E-state index in [4.69, 9.17) is 9.84 Å². The normalized spacial score (nSPS) is 13.1. The molecular formula is C12H15BrFNO5S. The topological polar surface area (TPSA) is 92.7 Å². The van der Waals surface area contributed by atoms with Crippen LogP contribution < -0.4 is 4.72 Å². The second-order valence-corrected chi connectivity index (χ2v) is 6.85. The fourth-order valence-electron chi connectivity index (χ4n) is 1.63. The fourth-order valence-corrected chi connectivity index (χ4v) is 3.67. The SMILES string of the molecule is CCC(COC)NS(=O)(=O)c1cc(Br)cc(C(=O)O)c1F. The highest BCUT2D eigenvalue weighted by Gasteiger charge is 2.26. The first kappa shape index (κ1) is 18.0. The van der Waals surface area contributed by atoms with Crippen molar-refractivity contribution in [2.75, 3.05) is 13.7 Å². The quantitative estimate of drug-likeness (QED) is 0.750. The maximum absolute atomic E-state index is 14.1. The highest BCUT2D eigenvalue weighted by atomic mass is 79.9. The van der Waals surface area contributed by atoms with Crippen molar-refractivity contribution in [3.8, 4) is 0 Å². The van der Waals surface area contributed by atoms with Gasteiger partial charge in [0, 0.05) is 17.6 Å². The summed E-state index contributed by atoms with van der Waals surface area (Å²) in [7, 11) is -2.79. The molecule has 21 heavy (non-hydrogen) atoms. The molecule has 6 nitrogen and oxygen atoms in total. The van der Waals surface area contributed by atoms with Crippen LogP contribution in [-0.2, 0) is 14.8 Å². The lowest BCUT2D eigenvalue weighted by atomic mass is 10.2. The van der Waals surface area contributed by atoms with E-state index < -0.39 is 38.3 Å². The van der Waals surface area contributed by atoms with E-state index in [9.17, 15) is 17.6 Å². The molecule has 1 aromatic carbocycles. The Morgan fingerprint density at radius 2 is 2.14 bits per heavy atom. The van der Waals surface area contributed by atoms with E-state index in [0.29, 0.717) is 6.42 Å². The van der Waals surface area contributed by atoms with Gasteiger partial charge in [-0.1, -0.05) is 22.9 Å². The smallest absolute Gasteiger partial charge is 0.338 e. The predicted molar refractivity (Wildman–Crippen MR) is 77.3 cm³/mol. The molecule has 1 aromatic rings. The molecule has 0 aliphatic carbocycles. The van der Waals surface area contributed by atoms with Crippen molar-refractivity contribution in [1.29, 1.82) is 0 Å². The molecule has 0 heterocycles. The average Bonchev–Trinajstić information content (AvgIpc) is 2.39. The maximum atomic E-state index is 14.1. The van der Waals surface area contributed by atoms with Crippen molar-refractivity contribution in [2.45, 2.75) is 24.3 Å². The molecule has 0 saturated carbocycles. The van der Waals surface area contributed by atoms with Gasteiger partial charge in [-0.2, -0.15) is 0 Å². The van der Waals surface area contributed by atoms with Gasteiger partial charge in [0.2, 0.25) is 10.0 Å². The predicted octanol–water partition coefficient (Wildman–Crippen LogP) is 1.99. The molecule has 9 heteroatoms. The van der Waals surface area contributed by atoms with Crippen LogP contribution in [0.1, 0.15) is 23.7 Å². The van der Waals surface area contributed by atoms with E-state index in [0.717, 1.165) is 12.1 Å². The van der Waals surface area contributed by atoms with Crippen LogP contribution in [0, 0.1) is 5.82 Å². The van der Waals surface area contributed by atoms with Crippen LogP contribution in [-0.4, -0.2) is 39.3 Å². The van der Waals surface area contributed by atoms with Gasteiger partial charge in [-0.3, -0.25) is 0 Å². The van der Waals surface area contributed by atoms with Crippen molar-refractivity contribution < 1.29 is 27.4 Å². The van der Waals surface area contributed by atoms with Gasteiger partial charge in [0.1, 0.15) is 4.90 Å². The van der Waals surface area contributed by atoms with Gasteiger partial charge in [-0.05, 0) is 18.6 Å². The Morgan fingerprint density at radius 3 is 2.62 bits per heavy atom. The van der Waals surface area contributed by atoms with Crippen molar-refractivity contribution in [3.05, 3.63) is 28.0 Å². The van der Waals surface area contributed by atoms with Crippen molar-refractivity contribution in [3.63, 3.8) is 0 Å². The zero-order valence-electron chi connectivity index (χ0n) is 11.4. The standard InChI is InChI=1S/C12H15BrFNO5S/c1-3-8(6-20-2)15-21(18,19)10-5-7(13)4-9(11(10)14)12(16)17/h4-5,8,15H,3,6H2,1-2H3,(H,16,17). The Kier molecular flexibility index (Phi) is 6.26. The highest BCUT2D eigenvalue weighted by molar-refractivity contribution is 9.10. The molecule has 0 aromatic heterocycles. The number of aromatic carboxylic acids is 1. The summed E-state index contributed by atoms with van der Waals surface area (Å²) in [4.78, 5) is 10.2. The number of hydrogen-bond acceptors (Lipinski definition) is 4. The molecule has 0 aliphatic heterocycles. The molecule has 0 saturated heterocycles. The molecular weight excluding hydrogens is 369 g/mol. The minimum absolute atomic E-state index is 0.122. The van der Waals surface area contributed by atoms with Crippen LogP contribution in [0.25, 0.3) is 0 Å². The summed E-state index contributed by atoms with van der Waals surface area (Å²) < 4.78 is 45.8. The number of ether oxygens (including phenoxy) is 1. The lowest BCUT2D eigenvalue weighted by Gasteiger charge is -2.17. The number of halogens is 2. The third kappa shape index (κ3) is 4.47. The summed E-state index contributed by atoms with van der Waals surface area (Å²) in [5.74, 6) is -2.85. The number of carbonyl (C=O) groups is 1. The summed E-state index contributed by atoms with van der Waals surface area (Å²) in [6.07, 6.45) is 0.439. The lowest BCUT2D eigenvalue weighted by molar-refractivity contribution is 0.0691. The summed E-state index contributed by atoms with van der Waals surface area (Å²) in [5, 5.41) is 8.90. The minimum Gasteiger partial charge on any atom is -0.478 e. The fraction of sp³-hybridized carbons (Fsp3) is 0.417. The average molecular weight is 384 g/mol. The molecule has 2 N–H and O–H groups in total. The van der Waals surface area contributed by atoms with Gasteiger partial charge in [0.25, 0.3) is 0 Å². The largest absolute Gasteiger partial charge is 0.478 e.